The van der Waals surface area contributed by atoms with Crippen LogP contribution >= 0.6 is 0 Å². The third-order valence-corrected chi connectivity index (χ3v) is 2.04. The first-order valence-electron chi connectivity index (χ1n) is 5.01. The summed E-state index contributed by atoms with van der Waals surface area (Å²) in [5.41, 5.74) is 5.87. The summed E-state index contributed by atoms with van der Waals surface area (Å²) >= 11 is 0. The molecule has 1 aromatic rings. The number of ether oxygens (including phenoxy) is 1. The Morgan fingerprint density at radius 1 is 1.47 bits per heavy atom. The number of nitrogens with two attached hydrogens (primary N) is 1. The van der Waals surface area contributed by atoms with Gasteiger partial charge in [-0.15, -0.1) is 0 Å². The highest BCUT2D eigenvalue weighted by Gasteiger charge is 2.06. The third kappa shape index (κ3) is 3.36. The number of benzene rings is 1. The molecule has 3 heteroatoms. The van der Waals surface area contributed by atoms with Gasteiger partial charge in [0.2, 0.25) is 0 Å². The van der Waals surface area contributed by atoms with E-state index in [-0.39, 0.29) is 18.1 Å². The summed E-state index contributed by atoms with van der Waals surface area (Å²) in [5.74, 6) is -0.0667. The highest BCUT2D eigenvalue weighted by molar-refractivity contribution is 5.30. The van der Waals surface area contributed by atoms with E-state index in [9.17, 15) is 4.39 Å². The van der Waals surface area contributed by atoms with E-state index in [0.29, 0.717) is 12.2 Å². The molecule has 0 bridgehead atoms. The number of allylic oxidation sites excluding steroid dienone is 1. The zero-order valence-corrected chi connectivity index (χ0v) is 8.87. The molecule has 2 N–H and O–H groups in total. The van der Waals surface area contributed by atoms with Gasteiger partial charge in [-0.05, 0) is 19.4 Å². The summed E-state index contributed by atoms with van der Waals surface area (Å²) in [6.07, 6.45) is 4.70. The maximum Gasteiger partial charge on any atom is 0.169 e. The van der Waals surface area contributed by atoms with Gasteiger partial charge in [-0.2, -0.15) is 0 Å². The van der Waals surface area contributed by atoms with Crippen molar-refractivity contribution >= 4 is 0 Å². The van der Waals surface area contributed by atoms with E-state index in [0.717, 1.165) is 6.42 Å². The van der Waals surface area contributed by atoms with E-state index in [4.69, 9.17) is 10.5 Å². The van der Waals surface area contributed by atoms with Gasteiger partial charge < -0.3 is 10.5 Å². The van der Waals surface area contributed by atoms with Crippen molar-refractivity contribution in [1.29, 1.82) is 0 Å². The Balaban J connectivity index is 2.60. The van der Waals surface area contributed by atoms with Crippen LogP contribution in [0.4, 0.5) is 4.39 Å². The van der Waals surface area contributed by atoms with Crippen molar-refractivity contribution in [3.63, 3.8) is 0 Å². The quantitative estimate of drug-likeness (QED) is 0.597. The van der Waals surface area contributed by atoms with Crippen molar-refractivity contribution < 1.29 is 9.13 Å². The first-order chi connectivity index (χ1) is 7.29. The van der Waals surface area contributed by atoms with E-state index >= 15 is 0 Å². The van der Waals surface area contributed by atoms with Gasteiger partial charge in [-0.3, -0.25) is 0 Å². The second-order valence-electron chi connectivity index (χ2n) is 3.14. The average molecular weight is 209 g/mol. The van der Waals surface area contributed by atoms with E-state index in [1.807, 2.05) is 19.1 Å². The van der Waals surface area contributed by atoms with Crippen LogP contribution in [-0.4, -0.2) is 6.61 Å². The lowest BCUT2D eigenvalue weighted by Crippen LogP contribution is -2.03. The molecule has 0 radical (unpaired) electrons. The SMILES string of the molecule is CC=CCCOc1cccc(CN)c1F. The van der Waals surface area contributed by atoms with Crippen molar-refractivity contribution in [1.82, 2.24) is 0 Å². The minimum Gasteiger partial charge on any atom is -0.490 e. The lowest BCUT2D eigenvalue weighted by Gasteiger charge is -2.08. The highest BCUT2D eigenvalue weighted by atomic mass is 19.1. The molecule has 0 aliphatic heterocycles. The van der Waals surface area contributed by atoms with E-state index in [1.165, 1.54) is 0 Å². The highest BCUT2D eigenvalue weighted by Crippen LogP contribution is 2.20. The van der Waals surface area contributed by atoms with Crippen LogP contribution in [0.25, 0.3) is 0 Å². The van der Waals surface area contributed by atoms with Gasteiger partial charge in [0.25, 0.3) is 0 Å². The Hall–Kier alpha value is -1.35. The monoisotopic (exact) mass is 209 g/mol. The second-order valence-corrected chi connectivity index (χ2v) is 3.14. The van der Waals surface area contributed by atoms with Gasteiger partial charge in [0, 0.05) is 12.1 Å². The minimum absolute atomic E-state index is 0.192. The topological polar surface area (TPSA) is 35.2 Å². The van der Waals surface area contributed by atoms with Crippen LogP contribution in [0.5, 0.6) is 5.75 Å². The molecule has 0 saturated carbocycles. The van der Waals surface area contributed by atoms with Crippen molar-refractivity contribution in [3.05, 3.63) is 41.7 Å². The Kier molecular flexibility index (Phi) is 4.84. The Bertz CT molecular complexity index is 336. The van der Waals surface area contributed by atoms with Gasteiger partial charge in [0.1, 0.15) is 0 Å². The molecule has 1 rings (SSSR count). The maximum absolute atomic E-state index is 13.6. The average Bonchev–Trinajstić information content (AvgIpc) is 2.26. The molecule has 82 valence electrons. The molecule has 0 fully saturated rings. The number of hydrogen-bond donors (Lipinski definition) is 1. The summed E-state index contributed by atoms with van der Waals surface area (Å²) < 4.78 is 18.9. The van der Waals surface area contributed by atoms with Crippen molar-refractivity contribution in [3.8, 4) is 5.75 Å². The van der Waals surface area contributed by atoms with Crippen LogP contribution in [0.3, 0.4) is 0 Å². The first-order valence-corrected chi connectivity index (χ1v) is 5.01. The fourth-order valence-electron chi connectivity index (χ4n) is 1.23. The molecule has 0 unspecified atom stereocenters. The zero-order chi connectivity index (χ0) is 11.1. The number of halogens is 1. The minimum atomic E-state index is -0.347. The van der Waals surface area contributed by atoms with Crippen LogP contribution in [-0.2, 0) is 6.54 Å². The molecule has 0 amide bonds. The van der Waals surface area contributed by atoms with Gasteiger partial charge in [-0.25, -0.2) is 4.39 Å². The zero-order valence-electron chi connectivity index (χ0n) is 8.87. The largest absolute Gasteiger partial charge is 0.490 e. The predicted molar refractivity (Wildman–Crippen MR) is 59.2 cm³/mol. The fraction of sp³-hybridized carbons (Fsp3) is 0.333. The smallest absolute Gasteiger partial charge is 0.169 e. The van der Waals surface area contributed by atoms with E-state index in [1.54, 1.807) is 18.2 Å². The van der Waals surface area contributed by atoms with Crippen molar-refractivity contribution in [2.24, 2.45) is 5.73 Å². The van der Waals surface area contributed by atoms with Gasteiger partial charge in [0.15, 0.2) is 11.6 Å². The molecule has 15 heavy (non-hydrogen) atoms. The summed E-state index contributed by atoms with van der Waals surface area (Å²) in [4.78, 5) is 0. The van der Waals surface area contributed by atoms with Crippen molar-refractivity contribution in [2.75, 3.05) is 6.61 Å². The van der Waals surface area contributed by atoms with Crippen LogP contribution in [0.15, 0.2) is 30.4 Å². The van der Waals surface area contributed by atoms with Crippen LogP contribution in [0, 0.1) is 5.82 Å². The van der Waals surface area contributed by atoms with E-state index < -0.39 is 0 Å². The molecule has 0 atom stereocenters. The summed E-state index contributed by atoms with van der Waals surface area (Å²) in [5, 5.41) is 0. The Labute approximate surface area is 89.6 Å². The third-order valence-electron chi connectivity index (χ3n) is 2.04. The number of rotatable bonds is 5. The molecule has 0 aliphatic carbocycles. The molecule has 2 nitrogen and oxygen atoms in total. The molecule has 0 aromatic heterocycles. The normalized spacial score (nSPS) is 10.9. The van der Waals surface area contributed by atoms with Gasteiger partial charge >= 0.3 is 0 Å². The lowest BCUT2D eigenvalue weighted by molar-refractivity contribution is 0.307. The summed E-state index contributed by atoms with van der Waals surface area (Å²) in [6, 6.07) is 5.02. The second kappa shape index (κ2) is 6.19. The molecular formula is C12H16FNO. The summed E-state index contributed by atoms with van der Waals surface area (Å²) in [6.45, 7) is 2.61. The predicted octanol–water partition coefficient (Wildman–Crippen LogP) is 2.63. The van der Waals surface area contributed by atoms with Gasteiger partial charge in [-0.1, -0.05) is 24.3 Å². The van der Waals surface area contributed by atoms with Crippen molar-refractivity contribution in [2.45, 2.75) is 19.9 Å². The molecular weight excluding hydrogens is 193 g/mol. The van der Waals surface area contributed by atoms with E-state index in [2.05, 4.69) is 0 Å². The standard InChI is InChI=1S/C12H16FNO/c1-2-3-4-8-15-11-7-5-6-10(9-14)12(11)13/h2-3,5-7H,4,8-9,14H2,1H3. The molecule has 0 aliphatic rings. The molecule has 0 spiro atoms. The first kappa shape index (κ1) is 11.7. The Morgan fingerprint density at radius 2 is 2.27 bits per heavy atom. The summed E-state index contributed by atoms with van der Waals surface area (Å²) in [7, 11) is 0. The fourth-order valence-corrected chi connectivity index (χ4v) is 1.23. The molecule has 0 saturated heterocycles. The number of hydrogen-bond acceptors (Lipinski definition) is 2. The van der Waals surface area contributed by atoms with Crippen LogP contribution in [0.1, 0.15) is 18.9 Å². The van der Waals surface area contributed by atoms with Gasteiger partial charge in [0.05, 0.1) is 6.61 Å². The molecule has 1 aromatic carbocycles. The maximum atomic E-state index is 13.6. The molecule has 0 heterocycles. The van der Waals surface area contributed by atoms with Crippen LogP contribution in [0.2, 0.25) is 0 Å². The van der Waals surface area contributed by atoms with Crippen LogP contribution < -0.4 is 10.5 Å². The lowest BCUT2D eigenvalue weighted by atomic mass is 10.2. The Morgan fingerprint density at radius 3 is 2.93 bits per heavy atom.